The van der Waals surface area contributed by atoms with Gasteiger partial charge in [0.1, 0.15) is 5.82 Å². The summed E-state index contributed by atoms with van der Waals surface area (Å²) in [4.78, 5) is 0. The summed E-state index contributed by atoms with van der Waals surface area (Å²) in [6.07, 6.45) is 0.417. The summed E-state index contributed by atoms with van der Waals surface area (Å²) in [7, 11) is 0. The van der Waals surface area contributed by atoms with Crippen molar-refractivity contribution < 1.29 is 4.39 Å². The molecule has 2 aromatic rings. The topological polar surface area (TPSA) is 0 Å². The van der Waals surface area contributed by atoms with Crippen LogP contribution in [0.2, 0.25) is 10.0 Å². The third-order valence-corrected chi connectivity index (χ3v) is 5.40. The van der Waals surface area contributed by atoms with E-state index >= 15 is 0 Å². The molecule has 2 rings (SSSR count). The molecule has 0 radical (unpaired) electrons. The minimum absolute atomic E-state index is 0.181. The quantitative estimate of drug-likeness (QED) is 0.562. The SMILES string of the molecule is Fc1ccccc1C(CCl)(CCl)Cc1cccc(Cl)c1Cl. The minimum atomic E-state index is -0.733. The van der Waals surface area contributed by atoms with Gasteiger partial charge in [0.05, 0.1) is 10.0 Å². The Bertz CT molecular complexity index is 623. The fraction of sp³-hybridized carbons (Fsp3) is 0.250. The number of halogens is 5. The number of rotatable bonds is 5. The predicted molar refractivity (Wildman–Crippen MR) is 89.7 cm³/mol. The molecule has 0 fully saturated rings. The molecule has 0 N–H and O–H groups in total. The molecule has 0 aliphatic rings. The van der Waals surface area contributed by atoms with Gasteiger partial charge in [-0.1, -0.05) is 53.5 Å². The number of hydrogen-bond donors (Lipinski definition) is 0. The molecule has 0 aliphatic heterocycles. The van der Waals surface area contributed by atoms with Crippen LogP contribution in [-0.4, -0.2) is 11.8 Å². The van der Waals surface area contributed by atoms with Crippen LogP contribution in [-0.2, 0) is 11.8 Å². The second kappa shape index (κ2) is 7.19. The predicted octanol–water partition coefficient (Wildman–Crippen LogP) is 6.09. The normalized spacial score (nSPS) is 11.7. The summed E-state index contributed by atoms with van der Waals surface area (Å²) in [6, 6.07) is 11.9. The molecular formula is C16H13Cl4F. The van der Waals surface area contributed by atoms with E-state index in [0.29, 0.717) is 22.0 Å². The van der Waals surface area contributed by atoms with Crippen molar-refractivity contribution in [3.8, 4) is 0 Å². The first-order valence-electron chi connectivity index (χ1n) is 6.34. The zero-order chi connectivity index (χ0) is 15.5. The van der Waals surface area contributed by atoms with Crippen LogP contribution in [0.1, 0.15) is 11.1 Å². The van der Waals surface area contributed by atoms with Crippen LogP contribution < -0.4 is 0 Å². The van der Waals surface area contributed by atoms with Crippen LogP contribution in [0.3, 0.4) is 0 Å². The molecule has 0 atom stereocenters. The molecule has 112 valence electrons. The smallest absolute Gasteiger partial charge is 0.127 e. The highest BCUT2D eigenvalue weighted by Crippen LogP contribution is 2.36. The van der Waals surface area contributed by atoms with Crippen molar-refractivity contribution in [2.45, 2.75) is 11.8 Å². The molecule has 0 aromatic heterocycles. The Morgan fingerprint density at radius 1 is 0.905 bits per heavy atom. The lowest BCUT2D eigenvalue weighted by Crippen LogP contribution is -2.34. The highest BCUT2D eigenvalue weighted by Gasteiger charge is 2.34. The van der Waals surface area contributed by atoms with Gasteiger partial charge in [0.2, 0.25) is 0 Å². The molecule has 0 amide bonds. The maximum atomic E-state index is 14.2. The molecular weight excluding hydrogens is 353 g/mol. The Kier molecular flexibility index (Phi) is 5.79. The van der Waals surface area contributed by atoms with Crippen LogP contribution >= 0.6 is 46.4 Å². The maximum Gasteiger partial charge on any atom is 0.127 e. The van der Waals surface area contributed by atoms with E-state index in [4.69, 9.17) is 46.4 Å². The second-order valence-electron chi connectivity index (χ2n) is 4.92. The zero-order valence-corrected chi connectivity index (χ0v) is 14.1. The molecule has 0 nitrogen and oxygen atoms in total. The zero-order valence-electron chi connectivity index (χ0n) is 11.1. The van der Waals surface area contributed by atoms with Gasteiger partial charge in [-0.25, -0.2) is 4.39 Å². The van der Waals surface area contributed by atoms with Gasteiger partial charge in [-0.15, -0.1) is 23.2 Å². The molecule has 0 unspecified atom stereocenters. The molecule has 0 saturated carbocycles. The van der Waals surface area contributed by atoms with Crippen LogP contribution in [0.5, 0.6) is 0 Å². The van der Waals surface area contributed by atoms with E-state index in [1.54, 1.807) is 30.3 Å². The highest BCUT2D eigenvalue weighted by atomic mass is 35.5. The number of hydrogen-bond acceptors (Lipinski definition) is 0. The molecule has 0 saturated heterocycles. The third-order valence-electron chi connectivity index (χ3n) is 3.52. The Labute approximate surface area is 143 Å². The minimum Gasteiger partial charge on any atom is -0.207 e. The maximum absolute atomic E-state index is 14.2. The van der Waals surface area contributed by atoms with Crippen molar-refractivity contribution in [2.24, 2.45) is 0 Å². The van der Waals surface area contributed by atoms with E-state index in [9.17, 15) is 4.39 Å². The van der Waals surface area contributed by atoms with Gasteiger partial charge in [0.15, 0.2) is 0 Å². The number of alkyl halides is 2. The molecule has 0 aliphatic carbocycles. The molecule has 2 aromatic carbocycles. The molecule has 0 bridgehead atoms. The van der Waals surface area contributed by atoms with Gasteiger partial charge < -0.3 is 0 Å². The van der Waals surface area contributed by atoms with Crippen molar-refractivity contribution >= 4 is 46.4 Å². The first-order valence-corrected chi connectivity index (χ1v) is 8.16. The van der Waals surface area contributed by atoms with Crippen molar-refractivity contribution in [1.82, 2.24) is 0 Å². The summed E-state index contributed by atoms with van der Waals surface area (Å²) in [5.41, 5.74) is 0.558. The fourth-order valence-electron chi connectivity index (χ4n) is 2.31. The average molecular weight is 366 g/mol. The lowest BCUT2D eigenvalue weighted by molar-refractivity contribution is 0.491. The number of benzene rings is 2. The highest BCUT2D eigenvalue weighted by molar-refractivity contribution is 6.42. The van der Waals surface area contributed by atoms with Gasteiger partial charge in [-0.2, -0.15) is 0 Å². The van der Waals surface area contributed by atoms with Crippen molar-refractivity contribution in [3.05, 3.63) is 69.5 Å². The first-order chi connectivity index (χ1) is 10.0. The first kappa shape index (κ1) is 16.9. The largest absolute Gasteiger partial charge is 0.207 e. The lowest BCUT2D eigenvalue weighted by Gasteiger charge is -2.31. The molecule has 0 spiro atoms. The monoisotopic (exact) mass is 364 g/mol. The standard InChI is InChI=1S/C16H13Cl4F/c17-9-16(10-18,12-5-1-2-7-14(12)21)8-11-4-3-6-13(19)15(11)20/h1-7H,8-10H2. The van der Waals surface area contributed by atoms with Gasteiger partial charge in [0, 0.05) is 17.2 Å². The summed E-state index contributed by atoms with van der Waals surface area (Å²) >= 11 is 24.6. The summed E-state index contributed by atoms with van der Waals surface area (Å²) in [5, 5.41) is 0.913. The van der Waals surface area contributed by atoms with Crippen molar-refractivity contribution in [3.63, 3.8) is 0 Å². The van der Waals surface area contributed by atoms with E-state index < -0.39 is 5.41 Å². The van der Waals surface area contributed by atoms with Gasteiger partial charge in [-0.3, -0.25) is 0 Å². The molecule has 5 heteroatoms. The van der Waals surface area contributed by atoms with Gasteiger partial charge in [-0.05, 0) is 29.7 Å². The van der Waals surface area contributed by atoms with Gasteiger partial charge in [0.25, 0.3) is 0 Å². The summed E-state index contributed by atoms with van der Waals surface area (Å²) in [6.45, 7) is 0. The van der Waals surface area contributed by atoms with Crippen LogP contribution in [0.25, 0.3) is 0 Å². The average Bonchev–Trinajstić information content (AvgIpc) is 2.50. The summed E-state index contributed by atoms with van der Waals surface area (Å²) < 4.78 is 14.2. The van der Waals surface area contributed by atoms with E-state index in [-0.39, 0.29) is 17.6 Å². The summed E-state index contributed by atoms with van der Waals surface area (Å²) in [5.74, 6) is 0.0394. The molecule has 0 heterocycles. The Hall–Kier alpha value is -0.470. The molecule has 21 heavy (non-hydrogen) atoms. The fourth-order valence-corrected chi connectivity index (χ4v) is 3.46. The third kappa shape index (κ3) is 3.48. The van der Waals surface area contributed by atoms with E-state index in [1.807, 2.05) is 6.07 Å². The Balaban J connectivity index is 2.49. The van der Waals surface area contributed by atoms with Gasteiger partial charge >= 0.3 is 0 Å². The van der Waals surface area contributed by atoms with Crippen LogP contribution in [0.4, 0.5) is 4.39 Å². The van der Waals surface area contributed by atoms with Crippen molar-refractivity contribution in [2.75, 3.05) is 11.8 Å². The van der Waals surface area contributed by atoms with Crippen molar-refractivity contribution in [1.29, 1.82) is 0 Å². The van der Waals surface area contributed by atoms with E-state index in [0.717, 1.165) is 5.56 Å². The van der Waals surface area contributed by atoms with Crippen LogP contribution in [0.15, 0.2) is 42.5 Å². The lowest BCUT2D eigenvalue weighted by atomic mass is 9.78. The van der Waals surface area contributed by atoms with Crippen LogP contribution in [0, 0.1) is 5.82 Å². The Morgan fingerprint density at radius 3 is 2.19 bits per heavy atom. The Morgan fingerprint density at radius 2 is 1.57 bits per heavy atom. The van der Waals surface area contributed by atoms with E-state index in [1.165, 1.54) is 6.07 Å². The van der Waals surface area contributed by atoms with E-state index in [2.05, 4.69) is 0 Å². The second-order valence-corrected chi connectivity index (χ2v) is 6.24.